The zero-order valence-corrected chi connectivity index (χ0v) is 21.8. The van der Waals surface area contributed by atoms with Gasteiger partial charge in [-0.2, -0.15) is 0 Å². The molecule has 0 spiro atoms. The average Bonchev–Trinajstić information content (AvgIpc) is 3.68. The second-order valence-corrected chi connectivity index (χ2v) is 9.82. The Morgan fingerprint density at radius 2 is 1.93 bits per heavy atom. The number of carboxylic acids is 1. The third kappa shape index (κ3) is 5.59. The van der Waals surface area contributed by atoms with Gasteiger partial charge in [0, 0.05) is 25.3 Å². The number of carbonyl (C=O) groups is 2. The van der Waals surface area contributed by atoms with Crippen molar-refractivity contribution >= 4 is 57.6 Å². The van der Waals surface area contributed by atoms with Crippen LogP contribution in [0.4, 0.5) is 30.8 Å². The van der Waals surface area contributed by atoms with E-state index in [0.717, 1.165) is 18.9 Å². The molecule has 3 heterocycles. The van der Waals surface area contributed by atoms with Crippen molar-refractivity contribution in [3.8, 4) is 0 Å². The van der Waals surface area contributed by atoms with Crippen molar-refractivity contribution in [2.75, 3.05) is 41.7 Å². The lowest BCUT2D eigenvalue weighted by Crippen LogP contribution is -2.37. The summed E-state index contributed by atoms with van der Waals surface area (Å²) >= 11 is 4.74. The molecule has 40 heavy (non-hydrogen) atoms. The van der Waals surface area contributed by atoms with E-state index < -0.39 is 40.8 Å². The molecule has 15 heteroatoms. The molecule has 2 aromatic heterocycles. The molecule has 2 fully saturated rings. The number of nitrogens with zero attached hydrogens (tertiary/aromatic N) is 3. The lowest BCUT2D eigenvalue weighted by atomic mass is 10.2. The molecule has 210 valence electrons. The summed E-state index contributed by atoms with van der Waals surface area (Å²) in [7, 11) is 0. The lowest BCUT2D eigenvalue weighted by molar-refractivity contribution is 0.0694. The minimum atomic E-state index is -1.38. The fourth-order valence-electron chi connectivity index (χ4n) is 4.40. The summed E-state index contributed by atoms with van der Waals surface area (Å²) in [5.41, 5.74) is 4.84. The molecule has 1 atom stereocenters. The summed E-state index contributed by atoms with van der Waals surface area (Å²) < 4.78 is 36.4. The standard InChI is InChI=1S/C25H25F2N7O5S/c26-17-7-13(34-10-14(39-25(34)38)9-31-24(28)40)3-4-19(17)29-5-6-30-21-18(27)8-15-20(35)16(23(36)37)11-33(12-1-2-12)22(15)32-21/h3-4,7-8,11-12,14,29H,1-2,5-6,9-10H2,(H,30,32)(H,36,37)(H3,28,31,40)/t14-/m0/s1. The molecule has 1 saturated carbocycles. The third-order valence-electron chi connectivity index (χ3n) is 6.50. The smallest absolute Gasteiger partial charge is 0.414 e. The summed E-state index contributed by atoms with van der Waals surface area (Å²) in [6.45, 7) is 0.761. The van der Waals surface area contributed by atoms with Crippen molar-refractivity contribution in [3.05, 3.63) is 57.9 Å². The van der Waals surface area contributed by atoms with Gasteiger partial charge < -0.3 is 36.1 Å². The van der Waals surface area contributed by atoms with Crippen LogP contribution in [0.1, 0.15) is 29.2 Å². The lowest BCUT2D eigenvalue weighted by Gasteiger charge is -2.16. The number of amides is 1. The largest absolute Gasteiger partial charge is 0.477 e. The molecular formula is C25H25F2N7O5S. The second kappa shape index (κ2) is 10.9. The fraction of sp³-hybridized carbons (Fsp3) is 0.320. The molecule has 2 aliphatic rings. The Morgan fingerprint density at radius 1 is 1.18 bits per heavy atom. The first-order chi connectivity index (χ1) is 19.1. The van der Waals surface area contributed by atoms with Crippen LogP contribution in [-0.2, 0) is 4.74 Å². The van der Waals surface area contributed by atoms with Crippen molar-refractivity contribution in [2.24, 2.45) is 5.73 Å². The highest BCUT2D eigenvalue weighted by molar-refractivity contribution is 7.80. The van der Waals surface area contributed by atoms with Gasteiger partial charge in [0.1, 0.15) is 23.1 Å². The quantitative estimate of drug-likeness (QED) is 0.179. The number of carboxylic acid groups (broad SMARTS) is 1. The zero-order chi connectivity index (χ0) is 28.6. The van der Waals surface area contributed by atoms with Crippen LogP contribution in [0.15, 0.2) is 35.3 Å². The van der Waals surface area contributed by atoms with Gasteiger partial charge in [-0.15, -0.1) is 0 Å². The average molecular weight is 574 g/mol. The topological polar surface area (TPSA) is 164 Å². The maximum absolute atomic E-state index is 14.8. The number of thiocarbonyl (C=S) groups is 1. The number of rotatable bonds is 10. The van der Waals surface area contributed by atoms with Crippen molar-refractivity contribution < 1.29 is 28.2 Å². The number of nitrogens with one attached hydrogen (secondary N) is 3. The van der Waals surface area contributed by atoms with Gasteiger partial charge in [-0.05, 0) is 49.3 Å². The number of nitrogens with two attached hydrogens (primary N) is 1. The van der Waals surface area contributed by atoms with Crippen LogP contribution in [-0.4, -0.2) is 64.1 Å². The molecule has 1 aromatic carbocycles. The van der Waals surface area contributed by atoms with Crippen LogP contribution in [0.25, 0.3) is 11.0 Å². The van der Waals surface area contributed by atoms with Crippen molar-refractivity contribution in [1.29, 1.82) is 0 Å². The normalized spacial score (nSPS) is 16.6. The number of aromatic nitrogens is 2. The van der Waals surface area contributed by atoms with Crippen LogP contribution in [0.3, 0.4) is 0 Å². The first-order valence-electron chi connectivity index (χ1n) is 12.4. The van der Waals surface area contributed by atoms with Crippen molar-refractivity contribution in [3.63, 3.8) is 0 Å². The van der Waals surface area contributed by atoms with E-state index in [2.05, 4.69) is 20.9 Å². The highest BCUT2D eigenvalue weighted by Gasteiger charge is 2.33. The number of hydrogen-bond acceptors (Lipinski definition) is 8. The predicted molar refractivity (Wildman–Crippen MR) is 147 cm³/mol. The van der Waals surface area contributed by atoms with Crippen molar-refractivity contribution in [2.45, 2.75) is 25.0 Å². The summed E-state index contributed by atoms with van der Waals surface area (Å²) in [6, 6.07) is 5.22. The highest BCUT2D eigenvalue weighted by atomic mass is 32.1. The first-order valence-corrected chi connectivity index (χ1v) is 12.8. The molecule has 6 N–H and O–H groups in total. The molecule has 0 bridgehead atoms. The van der Waals surface area contributed by atoms with Gasteiger partial charge >= 0.3 is 12.1 Å². The van der Waals surface area contributed by atoms with Crippen LogP contribution in [0.2, 0.25) is 0 Å². The Hall–Kier alpha value is -4.53. The monoisotopic (exact) mass is 573 g/mol. The van der Waals surface area contributed by atoms with Crippen LogP contribution < -0.4 is 32.0 Å². The Labute approximate surface area is 231 Å². The number of fused-ring (bicyclic) bond motifs is 1. The van der Waals surface area contributed by atoms with Crippen LogP contribution in [0.5, 0.6) is 0 Å². The Bertz CT molecular complexity index is 1580. The molecule has 1 saturated heterocycles. The van der Waals surface area contributed by atoms with Crippen LogP contribution >= 0.6 is 12.2 Å². The van der Waals surface area contributed by atoms with Gasteiger partial charge in [-0.3, -0.25) is 9.69 Å². The molecule has 0 unspecified atom stereocenters. The molecule has 0 radical (unpaired) electrons. The number of aromatic carboxylic acids is 1. The van der Waals surface area contributed by atoms with Crippen molar-refractivity contribution in [1.82, 2.24) is 14.9 Å². The summed E-state index contributed by atoms with van der Waals surface area (Å²) in [4.78, 5) is 41.8. The number of pyridine rings is 2. The molecule has 12 nitrogen and oxygen atoms in total. The second-order valence-electron chi connectivity index (χ2n) is 9.38. The van der Waals surface area contributed by atoms with E-state index in [1.165, 1.54) is 23.2 Å². The Morgan fingerprint density at radius 3 is 2.60 bits per heavy atom. The van der Waals surface area contributed by atoms with E-state index in [0.29, 0.717) is 5.69 Å². The first kappa shape index (κ1) is 27.1. The van der Waals surface area contributed by atoms with Gasteiger partial charge in [-0.25, -0.2) is 23.4 Å². The number of cyclic esters (lactones) is 1. The fourth-order valence-corrected chi connectivity index (χ4v) is 4.48. The SMILES string of the molecule is NC(=S)NC[C@H]1CN(c2ccc(NCCNc3nc4c(cc3F)c(=O)c(C(=O)O)cn4C3CC3)c(F)c2)C(=O)O1. The minimum absolute atomic E-state index is 0.00580. The summed E-state index contributed by atoms with van der Waals surface area (Å²) in [5, 5.41) is 17.8. The number of ether oxygens (including phenoxy) is 1. The molecule has 1 aliphatic carbocycles. The van der Waals surface area contributed by atoms with E-state index in [4.69, 9.17) is 22.7 Å². The molecule has 1 amide bonds. The molecule has 1 aliphatic heterocycles. The van der Waals surface area contributed by atoms with Gasteiger partial charge in [0.25, 0.3) is 0 Å². The Kier molecular flexibility index (Phi) is 7.38. The molecular weight excluding hydrogens is 548 g/mol. The van der Waals surface area contributed by atoms with E-state index in [1.54, 1.807) is 10.6 Å². The zero-order valence-electron chi connectivity index (χ0n) is 20.9. The van der Waals surface area contributed by atoms with Gasteiger partial charge in [0.15, 0.2) is 16.7 Å². The van der Waals surface area contributed by atoms with Gasteiger partial charge in [0.2, 0.25) is 5.43 Å². The van der Waals surface area contributed by atoms with E-state index >= 15 is 0 Å². The Balaban J connectivity index is 1.23. The minimum Gasteiger partial charge on any atom is -0.477 e. The number of hydrogen-bond donors (Lipinski definition) is 5. The van der Waals surface area contributed by atoms with E-state index in [1.807, 2.05) is 0 Å². The number of anilines is 3. The van der Waals surface area contributed by atoms with Gasteiger partial charge in [0.05, 0.1) is 29.9 Å². The third-order valence-corrected chi connectivity index (χ3v) is 6.65. The molecule has 5 rings (SSSR count). The number of halogens is 2. The van der Waals surface area contributed by atoms with Gasteiger partial charge in [-0.1, -0.05) is 0 Å². The number of carbonyl (C=O) groups excluding carboxylic acids is 1. The highest BCUT2D eigenvalue weighted by Crippen LogP contribution is 2.37. The maximum Gasteiger partial charge on any atom is 0.414 e. The maximum atomic E-state index is 14.8. The summed E-state index contributed by atoms with van der Waals surface area (Å²) in [6.07, 6.45) is 1.74. The predicted octanol–water partition coefficient (Wildman–Crippen LogP) is 2.39. The van der Waals surface area contributed by atoms with E-state index in [-0.39, 0.29) is 59.9 Å². The molecule has 3 aromatic rings. The summed E-state index contributed by atoms with van der Waals surface area (Å²) in [5.74, 6) is -2.92. The van der Waals surface area contributed by atoms with E-state index in [9.17, 15) is 28.3 Å². The number of benzene rings is 1. The van der Waals surface area contributed by atoms with Crippen LogP contribution in [0, 0.1) is 11.6 Å².